The molecule has 0 spiro atoms. The predicted molar refractivity (Wildman–Crippen MR) is 50.8 cm³/mol. The Morgan fingerprint density at radius 3 is 2.85 bits per heavy atom. The number of nitrogens with two attached hydrogens (primary N) is 1. The summed E-state index contributed by atoms with van der Waals surface area (Å²) >= 11 is 5.33. The molecule has 1 heterocycles. The van der Waals surface area contributed by atoms with Crippen LogP contribution in [0.4, 0.5) is 10.7 Å². The van der Waals surface area contributed by atoms with Gasteiger partial charge in [-0.3, -0.25) is 4.79 Å². The highest BCUT2D eigenvalue weighted by atomic mass is 35.5. The van der Waals surface area contributed by atoms with Gasteiger partial charge in [0.1, 0.15) is 0 Å². The lowest BCUT2D eigenvalue weighted by Crippen LogP contribution is -2.06. The highest BCUT2D eigenvalue weighted by Crippen LogP contribution is 2.17. The molecule has 2 N–H and O–H groups in total. The lowest BCUT2D eigenvalue weighted by atomic mass is 10.3. The van der Waals surface area contributed by atoms with Gasteiger partial charge in [0.2, 0.25) is 5.95 Å². The Labute approximate surface area is 78.9 Å². The number of halogens is 1. The molecule has 4 nitrogen and oxygen atoms in total. The molecule has 0 radical (unpaired) electrons. The minimum absolute atomic E-state index is 0.112. The Hall–Kier alpha value is -1.55. The molecule has 0 bridgehead atoms. The highest BCUT2D eigenvalue weighted by Gasteiger charge is 2.11. The zero-order chi connectivity index (χ0) is 9.42. The summed E-state index contributed by atoms with van der Waals surface area (Å²) in [7, 11) is 0. The van der Waals surface area contributed by atoms with Crippen molar-refractivity contribution in [3.05, 3.63) is 24.3 Å². The molecule has 2 rings (SSSR count). The number of imidazole rings is 1. The fourth-order valence-electron chi connectivity index (χ4n) is 1.23. The number of carbonyl (C=O) groups is 1. The summed E-state index contributed by atoms with van der Waals surface area (Å²) in [6, 6.07) is 7.11. The number of benzene rings is 1. The summed E-state index contributed by atoms with van der Waals surface area (Å²) in [4.78, 5) is 14.9. The number of para-hydroxylation sites is 2. The van der Waals surface area contributed by atoms with Crippen LogP contribution in [-0.2, 0) is 0 Å². The van der Waals surface area contributed by atoms with Gasteiger partial charge >= 0.3 is 5.37 Å². The SMILES string of the molecule is Nc1nc2ccccc2n1C(=O)Cl. The summed E-state index contributed by atoms with van der Waals surface area (Å²) in [5.74, 6) is 0.112. The minimum Gasteiger partial charge on any atom is -0.369 e. The van der Waals surface area contributed by atoms with Crippen LogP contribution in [-0.4, -0.2) is 14.9 Å². The Kier molecular flexibility index (Phi) is 1.70. The van der Waals surface area contributed by atoms with Crippen molar-refractivity contribution in [2.75, 3.05) is 5.73 Å². The summed E-state index contributed by atoms with van der Waals surface area (Å²) in [5.41, 5.74) is 6.79. The van der Waals surface area contributed by atoms with Crippen LogP contribution in [0.1, 0.15) is 0 Å². The second-order valence-corrected chi connectivity index (χ2v) is 2.87. The van der Waals surface area contributed by atoms with Gasteiger partial charge in [-0.1, -0.05) is 12.1 Å². The Bertz CT molecular complexity index is 477. The second kappa shape index (κ2) is 2.74. The molecule has 0 aliphatic heterocycles. The lowest BCUT2D eigenvalue weighted by Gasteiger charge is -1.96. The van der Waals surface area contributed by atoms with Gasteiger partial charge in [-0.2, -0.15) is 0 Å². The van der Waals surface area contributed by atoms with Crippen molar-refractivity contribution in [3.8, 4) is 0 Å². The molecule has 0 saturated carbocycles. The number of nitrogens with zero attached hydrogens (tertiary/aromatic N) is 2. The van der Waals surface area contributed by atoms with E-state index in [0.717, 1.165) is 4.57 Å². The fourth-order valence-corrected chi connectivity index (χ4v) is 1.41. The van der Waals surface area contributed by atoms with Crippen LogP contribution >= 0.6 is 11.6 Å². The molecule has 1 aromatic carbocycles. The molecule has 66 valence electrons. The van der Waals surface area contributed by atoms with Crippen LogP contribution in [0.5, 0.6) is 0 Å². The van der Waals surface area contributed by atoms with Crippen LogP contribution < -0.4 is 5.73 Å². The van der Waals surface area contributed by atoms with Crippen molar-refractivity contribution in [2.24, 2.45) is 0 Å². The van der Waals surface area contributed by atoms with Gasteiger partial charge in [0.25, 0.3) is 0 Å². The first kappa shape index (κ1) is 8.07. The molecule has 0 amide bonds. The van der Waals surface area contributed by atoms with Crippen molar-refractivity contribution in [3.63, 3.8) is 0 Å². The van der Waals surface area contributed by atoms with Crippen molar-refractivity contribution in [1.29, 1.82) is 0 Å². The number of nitrogen functional groups attached to an aromatic ring is 1. The fraction of sp³-hybridized carbons (Fsp3) is 0. The minimum atomic E-state index is -0.647. The Balaban J connectivity index is 2.86. The van der Waals surface area contributed by atoms with Crippen molar-refractivity contribution in [1.82, 2.24) is 9.55 Å². The molecular weight excluding hydrogens is 190 g/mol. The van der Waals surface area contributed by atoms with Crippen LogP contribution in [0.3, 0.4) is 0 Å². The van der Waals surface area contributed by atoms with E-state index in [1.165, 1.54) is 0 Å². The third-order valence-corrected chi connectivity index (χ3v) is 1.93. The first-order valence-corrected chi connectivity index (χ1v) is 4.01. The number of hydrogen-bond donors (Lipinski definition) is 1. The van der Waals surface area contributed by atoms with Crippen LogP contribution in [0.25, 0.3) is 11.0 Å². The van der Waals surface area contributed by atoms with Crippen LogP contribution in [0, 0.1) is 0 Å². The number of anilines is 1. The molecule has 2 aromatic rings. The Morgan fingerprint density at radius 2 is 2.15 bits per heavy atom. The molecule has 1 aromatic heterocycles. The molecule has 0 atom stereocenters. The summed E-state index contributed by atoms with van der Waals surface area (Å²) < 4.78 is 1.16. The maximum Gasteiger partial charge on any atom is 0.327 e. The quantitative estimate of drug-likeness (QED) is 0.653. The zero-order valence-electron chi connectivity index (χ0n) is 6.57. The molecule has 0 aliphatic rings. The monoisotopic (exact) mass is 195 g/mol. The molecule has 0 unspecified atom stereocenters. The predicted octanol–water partition coefficient (Wildman–Crippen LogP) is 1.83. The molecule has 13 heavy (non-hydrogen) atoms. The third kappa shape index (κ3) is 1.15. The number of hydrogen-bond acceptors (Lipinski definition) is 3. The molecule has 0 fully saturated rings. The van der Waals surface area contributed by atoms with Crippen LogP contribution in [0.15, 0.2) is 24.3 Å². The second-order valence-electron chi connectivity index (χ2n) is 2.55. The summed E-state index contributed by atoms with van der Waals surface area (Å²) in [6.07, 6.45) is 0. The molecule has 0 aliphatic carbocycles. The highest BCUT2D eigenvalue weighted by molar-refractivity contribution is 6.64. The van der Waals surface area contributed by atoms with E-state index in [9.17, 15) is 4.79 Å². The van der Waals surface area contributed by atoms with E-state index >= 15 is 0 Å². The Morgan fingerprint density at radius 1 is 1.46 bits per heavy atom. The topological polar surface area (TPSA) is 60.9 Å². The van der Waals surface area contributed by atoms with Crippen molar-refractivity contribution in [2.45, 2.75) is 0 Å². The lowest BCUT2D eigenvalue weighted by molar-refractivity contribution is 0.262. The first-order valence-electron chi connectivity index (χ1n) is 3.63. The van der Waals surface area contributed by atoms with Crippen molar-refractivity contribution >= 4 is 33.9 Å². The largest absolute Gasteiger partial charge is 0.369 e. The molecular formula is C8H6ClN3O. The average molecular weight is 196 g/mol. The van der Waals surface area contributed by atoms with Gasteiger partial charge in [0.05, 0.1) is 11.0 Å². The normalized spacial score (nSPS) is 10.5. The smallest absolute Gasteiger partial charge is 0.327 e. The van der Waals surface area contributed by atoms with Gasteiger partial charge in [0.15, 0.2) is 0 Å². The van der Waals surface area contributed by atoms with Gasteiger partial charge in [-0.15, -0.1) is 0 Å². The van der Waals surface area contributed by atoms with E-state index in [4.69, 9.17) is 17.3 Å². The molecule has 5 heteroatoms. The third-order valence-electron chi connectivity index (χ3n) is 1.76. The molecule has 0 saturated heterocycles. The standard InChI is InChI=1S/C8H6ClN3O/c9-7(13)12-6-4-2-1-3-5(6)11-8(12)10/h1-4H,(H2,10,11). The zero-order valence-corrected chi connectivity index (χ0v) is 7.32. The summed E-state index contributed by atoms with van der Waals surface area (Å²) in [6.45, 7) is 0. The van der Waals surface area contributed by atoms with E-state index in [-0.39, 0.29) is 5.95 Å². The van der Waals surface area contributed by atoms with Gasteiger partial charge in [-0.25, -0.2) is 9.55 Å². The van der Waals surface area contributed by atoms with E-state index in [1.807, 2.05) is 6.07 Å². The summed E-state index contributed by atoms with van der Waals surface area (Å²) in [5, 5.41) is -0.647. The van der Waals surface area contributed by atoms with E-state index < -0.39 is 5.37 Å². The van der Waals surface area contributed by atoms with Crippen LogP contribution in [0.2, 0.25) is 0 Å². The number of rotatable bonds is 0. The van der Waals surface area contributed by atoms with E-state index in [1.54, 1.807) is 18.2 Å². The maximum atomic E-state index is 10.9. The van der Waals surface area contributed by atoms with Gasteiger partial charge < -0.3 is 5.73 Å². The number of fused-ring (bicyclic) bond motifs is 1. The van der Waals surface area contributed by atoms with E-state index in [0.29, 0.717) is 11.0 Å². The van der Waals surface area contributed by atoms with Crippen molar-refractivity contribution < 1.29 is 4.79 Å². The number of aromatic nitrogens is 2. The number of carbonyl (C=O) groups excluding carboxylic acids is 1. The average Bonchev–Trinajstić information content (AvgIpc) is 2.39. The maximum absolute atomic E-state index is 10.9. The van der Waals surface area contributed by atoms with Gasteiger partial charge in [0, 0.05) is 0 Å². The van der Waals surface area contributed by atoms with Gasteiger partial charge in [-0.05, 0) is 23.7 Å². The first-order chi connectivity index (χ1) is 6.20. The van der Waals surface area contributed by atoms with E-state index in [2.05, 4.69) is 4.98 Å².